The van der Waals surface area contributed by atoms with Crippen molar-refractivity contribution in [1.29, 1.82) is 0 Å². The van der Waals surface area contributed by atoms with Crippen LogP contribution in [0.15, 0.2) is 24.3 Å². The Morgan fingerprint density at radius 2 is 2.07 bits per heavy atom. The van der Waals surface area contributed by atoms with Crippen LogP contribution in [0.1, 0.15) is 37.0 Å². The van der Waals surface area contributed by atoms with Gasteiger partial charge in [-0.15, -0.1) is 0 Å². The molecule has 2 rings (SSSR count). The summed E-state index contributed by atoms with van der Waals surface area (Å²) in [5, 5.41) is 0. The molecule has 0 bridgehead atoms. The van der Waals surface area contributed by atoms with E-state index in [9.17, 15) is 0 Å². The molecule has 0 amide bonds. The van der Waals surface area contributed by atoms with E-state index in [1.165, 1.54) is 11.1 Å². The van der Waals surface area contributed by atoms with Crippen LogP contribution in [0.2, 0.25) is 0 Å². The Bertz CT molecular complexity index is 307. The zero-order chi connectivity index (χ0) is 10.7. The van der Waals surface area contributed by atoms with Crippen LogP contribution in [0.4, 0.5) is 0 Å². The van der Waals surface area contributed by atoms with Crippen LogP contribution >= 0.6 is 0 Å². The van der Waals surface area contributed by atoms with E-state index in [1.54, 1.807) is 0 Å². The monoisotopic (exact) mass is 205 g/mol. The Kier molecular flexibility index (Phi) is 3.39. The van der Waals surface area contributed by atoms with Crippen molar-refractivity contribution < 1.29 is 4.74 Å². The highest BCUT2D eigenvalue weighted by molar-refractivity contribution is 5.24. The lowest BCUT2D eigenvalue weighted by Gasteiger charge is -2.27. The van der Waals surface area contributed by atoms with Crippen LogP contribution in [0.5, 0.6) is 0 Å². The molecule has 1 fully saturated rings. The molecule has 1 heterocycles. The van der Waals surface area contributed by atoms with Crippen molar-refractivity contribution in [3.8, 4) is 0 Å². The molecule has 2 atom stereocenters. The van der Waals surface area contributed by atoms with Crippen molar-refractivity contribution in [2.45, 2.75) is 38.3 Å². The second kappa shape index (κ2) is 4.77. The van der Waals surface area contributed by atoms with E-state index in [-0.39, 0.29) is 6.10 Å². The summed E-state index contributed by atoms with van der Waals surface area (Å²) in [5.41, 5.74) is 8.58. The van der Waals surface area contributed by atoms with Gasteiger partial charge in [-0.25, -0.2) is 0 Å². The number of nitrogens with two attached hydrogens (primary N) is 1. The minimum Gasteiger partial charge on any atom is -0.373 e. The summed E-state index contributed by atoms with van der Waals surface area (Å²) in [6, 6.07) is 9.00. The maximum absolute atomic E-state index is 5.94. The van der Waals surface area contributed by atoms with E-state index in [2.05, 4.69) is 31.2 Å². The third-order valence-corrected chi connectivity index (χ3v) is 3.08. The molecule has 15 heavy (non-hydrogen) atoms. The summed E-state index contributed by atoms with van der Waals surface area (Å²) in [7, 11) is 0. The highest BCUT2D eigenvalue weighted by Gasteiger charge is 2.20. The van der Waals surface area contributed by atoms with Gasteiger partial charge in [-0.1, -0.05) is 31.2 Å². The van der Waals surface area contributed by atoms with E-state index < -0.39 is 0 Å². The predicted molar refractivity (Wildman–Crippen MR) is 61.7 cm³/mol. The Morgan fingerprint density at radius 1 is 1.33 bits per heavy atom. The van der Waals surface area contributed by atoms with E-state index in [0.29, 0.717) is 6.04 Å². The van der Waals surface area contributed by atoms with Crippen molar-refractivity contribution >= 4 is 0 Å². The molecule has 2 unspecified atom stereocenters. The first-order valence-electron chi connectivity index (χ1n) is 5.75. The van der Waals surface area contributed by atoms with Gasteiger partial charge in [0.2, 0.25) is 0 Å². The Morgan fingerprint density at radius 3 is 2.67 bits per heavy atom. The van der Waals surface area contributed by atoms with E-state index in [4.69, 9.17) is 10.5 Å². The molecule has 1 aromatic rings. The molecule has 0 aliphatic carbocycles. The quantitative estimate of drug-likeness (QED) is 0.804. The van der Waals surface area contributed by atoms with Gasteiger partial charge in [0.05, 0.1) is 6.10 Å². The lowest BCUT2D eigenvalue weighted by atomic mass is 9.97. The number of hydrogen-bond acceptors (Lipinski definition) is 2. The van der Waals surface area contributed by atoms with Gasteiger partial charge >= 0.3 is 0 Å². The molecule has 1 saturated heterocycles. The van der Waals surface area contributed by atoms with Crippen LogP contribution in [0.3, 0.4) is 0 Å². The largest absolute Gasteiger partial charge is 0.373 e. The summed E-state index contributed by atoms with van der Waals surface area (Å²) >= 11 is 0. The smallest absolute Gasteiger partial charge is 0.0839 e. The van der Waals surface area contributed by atoms with Crippen molar-refractivity contribution in [1.82, 2.24) is 0 Å². The molecule has 82 valence electrons. The fraction of sp³-hybridized carbons (Fsp3) is 0.538. The second-order valence-corrected chi connectivity index (χ2v) is 4.24. The van der Waals surface area contributed by atoms with Crippen LogP contribution in [0, 0.1) is 0 Å². The standard InChI is InChI=1S/C13H19NO/c1-2-10-3-5-11(6-4-10)13-9-12(14)7-8-15-13/h3-6,12-13H,2,7-9,14H2,1H3. The summed E-state index contributed by atoms with van der Waals surface area (Å²) in [4.78, 5) is 0. The molecule has 0 aromatic heterocycles. The molecule has 2 nitrogen and oxygen atoms in total. The van der Waals surface area contributed by atoms with Gasteiger partial charge in [-0.05, 0) is 30.4 Å². The molecule has 0 spiro atoms. The lowest BCUT2D eigenvalue weighted by Crippen LogP contribution is -2.30. The summed E-state index contributed by atoms with van der Waals surface area (Å²) in [5.74, 6) is 0. The van der Waals surface area contributed by atoms with Crippen LogP contribution in [-0.4, -0.2) is 12.6 Å². The third kappa shape index (κ3) is 2.58. The SMILES string of the molecule is CCc1ccc(C2CC(N)CCO2)cc1. The summed E-state index contributed by atoms with van der Waals surface area (Å²) in [6.07, 6.45) is 3.24. The average molecular weight is 205 g/mol. The zero-order valence-electron chi connectivity index (χ0n) is 9.28. The molecular weight excluding hydrogens is 186 g/mol. The van der Waals surface area contributed by atoms with Gasteiger partial charge in [0.1, 0.15) is 0 Å². The molecule has 0 radical (unpaired) electrons. The van der Waals surface area contributed by atoms with Crippen LogP contribution < -0.4 is 5.73 Å². The van der Waals surface area contributed by atoms with E-state index in [0.717, 1.165) is 25.9 Å². The topological polar surface area (TPSA) is 35.2 Å². The van der Waals surface area contributed by atoms with Gasteiger partial charge in [0.25, 0.3) is 0 Å². The van der Waals surface area contributed by atoms with Gasteiger partial charge < -0.3 is 10.5 Å². The van der Waals surface area contributed by atoms with Gasteiger partial charge in [0.15, 0.2) is 0 Å². The normalized spacial score (nSPS) is 26.5. The first-order chi connectivity index (χ1) is 7.29. The highest BCUT2D eigenvalue weighted by atomic mass is 16.5. The number of ether oxygens (including phenoxy) is 1. The number of rotatable bonds is 2. The first-order valence-corrected chi connectivity index (χ1v) is 5.75. The van der Waals surface area contributed by atoms with Crippen molar-refractivity contribution in [3.05, 3.63) is 35.4 Å². The van der Waals surface area contributed by atoms with Crippen molar-refractivity contribution in [2.24, 2.45) is 5.73 Å². The lowest BCUT2D eigenvalue weighted by molar-refractivity contribution is 0.00667. The van der Waals surface area contributed by atoms with Crippen molar-refractivity contribution in [2.75, 3.05) is 6.61 Å². The van der Waals surface area contributed by atoms with E-state index in [1.807, 2.05) is 0 Å². The van der Waals surface area contributed by atoms with Gasteiger partial charge in [-0.2, -0.15) is 0 Å². The molecule has 0 saturated carbocycles. The summed E-state index contributed by atoms with van der Waals surface area (Å²) < 4.78 is 5.73. The number of hydrogen-bond donors (Lipinski definition) is 1. The van der Waals surface area contributed by atoms with Gasteiger partial charge in [0, 0.05) is 12.6 Å². The molecule has 1 aromatic carbocycles. The van der Waals surface area contributed by atoms with Crippen LogP contribution in [0.25, 0.3) is 0 Å². The van der Waals surface area contributed by atoms with Gasteiger partial charge in [-0.3, -0.25) is 0 Å². The summed E-state index contributed by atoms with van der Waals surface area (Å²) in [6.45, 7) is 2.96. The second-order valence-electron chi connectivity index (χ2n) is 4.24. The van der Waals surface area contributed by atoms with Crippen molar-refractivity contribution in [3.63, 3.8) is 0 Å². The third-order valence-electron chi connectivity index (χ3n) is 3.08. The Hall–Kier alpha value is -0.860. The molecular formula is C13H19NO. The predicted octanol–water partition coefficient (Wildman–Crippen LogP) is 2.43. The Balaban J connectivity index is 2.07. The van der Waals surface area contributed by atoms with E-state index >= 15 is 0 Å². The maximum Gasteiger partial charge on any atom is 0.0839 e. The maximum atomic E-state index is 5.94. The molecule has 2 N–H and O–H groups in total. The molecule has 1 aliphatic heterocycles. The average Bonchev–Trinajstić information content (AvgIpc) is 2.29. The minimum atomic E-state index is 0.208. The number of benzene rings is 1. The molecule has 2 heteroatoms. The highest BCUT2D eigenvalue weighted by Crippen LogP contribution is 2.27. The molecule has 1 aliphatic rings. The van der Waals surface area contributed by atoms with Crippen LogP contribution in [-0.2, 0) is 11.2 Å². The fourth-order valence-electron chi connectivity index (χ4n) is 2.02. The Labute approximate surface area is 91.4 Å². The minimum absolute atomic E-state index is 0.208. The fourth-order valence-corrected chi connectivity index (χ4v) is 2.02. The number of aryl methyl sites for hydroxylation is 1. The first kappa shape index (κ1) is 10.7. The zero-order valence-corrected chi connectivity index (χ0v) is 9.28.